The Labute approximate surface area is 162 Å². The lowest BCUT2D eigenvalue weighted by Crippen LogP contribution is -2.37. The molecule has 0 radical (unpaired) electrons. The van der Waals surface area contributed by atoms with Gasteiger partial charge in [-0.2, -0.15) is 4.98 Å². The van der Waals surface area contributed by atoms with Gasteiger partial charge in [-0.3, -0.25) is 19.4 Å². The van der Waals surface area contributed by atoms with Crippen LogP contribution in [0.25, 0.3) is 0 Å². The van der Waals surface area contributed by atoms with Crippen LogP contribution in [-0.2, 0) is 9.59 Å². The second kappa shape index (κ2) is 7.10. The van der Waals surface area contributed by atoms with Gasteiger partial charge in [0.25, 0.3) is 5.56 Å². The van der Waals surface area contributed by atoms with Crippen LogP contribution in [0.1, 0.15) is 41.9 Å². The van der Waals surface area contributed by atoms with E-state index in [0.29, 0.717) is 11.6 Å². The lowest BCUT2D eigenvalue weighted by atomic mass is 9.92. The quantitative estimate of drug-likeness (QED) is 0.754. The fourth-order valence-corrected chi connectivity index (χ4v) is 3.94. The van der Waals surface area contributed by atoms with E-state index in [1.54, 1.807) is 0 Å². The number of hydrogen-bond acceptors (Lipinski definition) is 5. The molecule has 1 saturated heterocycles. The fourth-order valence-electron chi connectivity index (χ4n) is 3.94. The average Bonchev–Trinajstić information content (AvgIpc) is 3.14. The van der Waals surface area contributed by atoms with Crippen LogP contribution in [0.2, 0.25) is 0 Å². The fraction of sp³-hybridized carbons (Fsp3) is 0.400. The number of amides is 2. The SMILES string of the molecule is Cc1cc(C)cc(NC(=O)[C@@H]2CC(=O)Nc3nc(N4CCCC4)[nH]c(=O)c32)c1. The van der Waals surface area contributed by atoms with E-state index in [4.69, 9.17) is 0 Å². The lowest BCUT2D eigenvalue weighted by Gasteiger charge is -2.25. The molecular formula is C20H23N5O3. The monoisotopic (exact) mass is 381 g/mol. The number of fused-ring (bicyclic) bond motifs is 1. The highest BCUT2D eigenvalue weighted by atomic mass is 16.2. The number of aromatic amines is 1. The van der Waals surface area contributed by atoms with Crippen molar-refractivity contribution in [3.8, 4) is 0 Å². The molecule has 8 nitrogen and oxygen atoms in total. The smallest absolute Gasteiger partial charge is 0.258 e. The van der Waals surface area contributed by atoms with Crippen molar-refractivity contribution in [3.63, 3.8) is 0 Å². The number of rotatable bonds is 3. The molecule has 0 unspecified atom stereocenters. The van der Waals surface area contributed by atoms with Crippen molar-refractivity contribution < 1.29 is 9.59 Å². The highest BCUT2D eigenvalue weighted by molar-refractivity contribution is 6.04. The molecule has 1 atom stereocenters. The van der Waals surface area contributed by atoms with Gasteiger partial charge in [0.2, 0.25) is 17.8 Å². The molecule has 1 aromatic carbocycles. The number of carbonyl (C=O) groups excluding carboxylic acids is 2. The Balaban J connectivity index is 1.66. The van der Waals surface area contributed by atoms with Gasteiger partial charge >= 0.3 is 0 Å². The van der Waals surface area contributed by atoms with Crippen LogP contribution in [0.5, 0.6) is 0 Å². The van der Waals surface area contributed by atoms with Crippen molar-refractivity contribution in [1.29, 1.82) is 0 Å². The van der Waals surface area contributed by atoms with Crippen LogP contribution in [0, 0.1) is 13.8 Å². The van der Waals surface area contributed by atoms with Crippen molar-refractivity contribution in [2.45, 2.75) is 39.0 Å². The molecule has 0 aliphatic carbocycles. The molecular weight excluding hydrogens is 358 g/mol. The molecule has 4 rings (SSSR count). The average molecular weight is 381 g/mol. The van der Waals surface area contributed by atoms with Gasteiger partial charge in [0.1, 0.15) is 5.82 Å². The highest BCUT2D eigenvalue weighted by Crippen LogP contribution is 2.30. The maximum Gasteiger partial charge on any atom is 0.258 e. The summed E-state index contributed by atoms with van der Waals surface area (Å²) in [6, 6.07) is 5.72. The third kappa shape index (κ3) is 3.49. The summed E-state index contributed by atoms with van der Waals surface area (Å²) in [6.07, 6.45) is 1.99. The zero-order valence-electron chi connectivity index (χ0n) is 16.0. The molecule has 28 heavy (non-hydrogen) atoms. The molecule has 0 bridgehead atoms. The topological polar surface area (TPSA) is 107 Å². The van der Waals surface area contributed by atoms with Crippen molar-refractivity contribution >= 4 is 29.3 Å². The van der Waals surface area contributed by atoms with Crippen LogP contribution in [0.4, 0.5) is 17.5 Å². The molecule has 0 spiro atoms. The van der Waals surface area contributed by atoms with Crippen LogP contribution in [0.3, 0.4) is 0 Å². The van der Waals surface area contributed by atoms with Gasteiger partial charge in [0.05, 0.1) is 11.5 Å². The summed E-state index contributed by atoms with van der Waals surface area (Å²) in [7, 11) is 0. The van der Waals surface area contributed by atoms with Crippen LogP contribution < -0.4 is 21.1 Å². The minimum atomic E-state index is -0.881. The second-order valence-corrected chi connectivity index (χ2v) is 7.52. The predicted octanol–water partition coefficient (Wildman–Crippen LogP) is 2.05. The van der Waals surface area contributed by atoms with E-state index in [1.807, 2.05) is 36.9 Å². The van der Waals surface area contributed by atoms with E-state index < -0.39 is 5.92 Å². The van der Waals surface area contributed by atoms with Gasteiger partial charge in [0, 0.05) is 25.2 Å². The number of aryl methyl sites for hydroxylation is 2. The Kier molecular flexibility index (Phi) is 4.62. The molecule has 1 fully saturated rings. The van der Waals surface area contributed by atoms with E-state index in [1.165, 1.54) is 0 Å². The zero-order valence-corrected chi connectivity index (χ0v) is 16.0. The van der Waals surface area contributed by atoms with Gasteiger partial charge < -0.3 is 15.5 Å². The number of hydrogen-bond donors (Lipinski definition) is 3. The van der Waals surface area contributed by atoms with Crippen molar-refractivity contribution in [1.82, 2.24) is 9.97 Å². The first-order valence-electron chi connectivity index (χ1n) is 9.49. The van der Waals surface area contributed by atoms with Gasteiger partial charge in [-0.1, -0.05) is 6.07 Å². The molecule has 2 aliphatic heterocycles. The Morgan fingerprint density at radius 2 is 1.82 bits per heavy atom. The largest absolute Gasteiger partial charge is 0.342 e. The van der Waals surface area contributed by atoms with Gasteiger partial charge in [-0.05, 0) is 49.9 Å². The first-order valence-corrected chi connectivity index (χ1v) is 9.49. The van der Waals surface area contributed by atoms with Crippen LogP contribution in [-0.4, -0.2) is 34.9 Å². The van der Waals surface area contributed by atoms with Gasteiger partial charge in [-0.25, -0.2) is 0 Å². The standard InChI is InChI=1S/C20H23N5O3/c1-11-7-12(2)9-13(8-11)21-18(27)14-10-15(26)22-17-16(14)19(28)24-20(23-17)25-5-3-4-6-25/h7-9,14H,3-6,10H2,1-2H3,(H,21,27)(H2,22,23,24,26,28)/t14-/m1/s1. The molecule has 3 heterocycles. The normalized spacial score (nSPS) is 18.6. The van der Waals surface area contributed by atoms with E-state index in [0.717, 1.165) is 37.1 Å². The molecule has 8 heteroatoms. The molecule has 146 valence electrons. The third-order valence-electron chi connectivity index (χ3n) is 5.15. The first kappa shape index (κ1) is 18.2. The molecule has 0 saturated carbocycles. The van der Waals surface area contributed by atoms with Gasteiger partial charge in [0.15, 0.2) is 0 Å². The number of nitrogens with one attached hydrogen (secondary N) is 3. The number of H-pyrrole nitrogens is 1. The molecule has 2 amide bonds. The summed E-state index contributed by atoms with van der Waals surface area (Å²) in [6.45, 7) is 5.51. The van der Waals surface area contributed by atoms with E-state index in [-0.39, 0.29) is 35.2 Å². The Morgan fingerprint density at radius 3 is 2.50 bits per heavy atom. The molecule has 2 aromatic rings. The summed E-state index contributed by atoms with van der Waals surface area (Å²) < 4.78 is 0. The van der Waals surface area contributed by atoms with Crippen molar-refractivity contribution in [2.24, 2.45) is 0 Å². The summed E-state index contributed by atoms with van der Waals surface area (Å²) in [4.78, 5) is 47.1. The third-order valence-corrected chi connectivity index (χ3v) is 5.15. The maximum atomic E-state index is 12.9. The van der Waals surface area contributed by atoms with Crippen molar-refractivity contribution in [3.05, 3.63) is 45.2 Å². The number of nitrogens with zero attached hydrogens (tertiary/aromatic N) is 2. The minimum absolute atomic E-state index is 0.0859. The summed E-state index contributed by atoms with van der Waals surface area (Å²) in [5, 5.41) is 5.50. The lowest BCUT2D eigenvalue weighted by molar-refractivity contribution is -0.123. The Morgan fingerprint density at radius 1 is 1.14 bits per heavy atom. The molecule has 3 N–H and O–H groups in total. The second-order valence-electron chi connectivity index (χ2n) is 7.52. The Hall–Kier alpha value is -3.16. The maximum absolute atomic E-state index is 12.9. The molecule has 2 aliphatic rings. The number of benzene rings is 1. The first-order chi connectivity index (χ1) is 13.4. The summed E-state index contributed by atoms with van der Waals surface area (Å²) in [5.41, 5.74) is 2.52. The van der Waals surface area contributed by atoms with E-state index in [2.05, 4.69) is 20.6 Å². The molecule has 1 aromatic heterocycles. The highest BCUT2D eigenvalue weighted by Gasteiger charge is 2.35. The summed E-state index contributed by atoms with van der Waals surface area (Å²) in [5.74, 6) is -0.964. The number of anilines is 3. The van der Waals surface area contributed by atoms with Crippen LogP contribution in [0.15, 0.2) is 23.0 Å². The van der Waals surface area contributed by atoms with E-state index in [9.17, 15) is 14.4 Å². The van der Waals surface area contributed by atoms with Crippen LogP contribution >= 0.6 is 0 Å². The zero-order chi connectivity index (χ0) is 19.8. The number of carbonyl (C=O) groups is 2. The van der Waals surface area contributed by atoms with Crippen molar-refractivity contribution in [2.75, 3.05) is 28.6 Å². The minimum Gasteiger partial charge on any atom is -0.342 e. The predicted molar refractivity (Wildman–Crippen MR) is 107 cm³/mol. The summed E-state index contributed by atoms with van der Waals surface area (Å²) >= 11 is 0. The van der Waals surface area contributed by atoms with E-state index >= 15 is 0 Å². The van der Waals surface area contributed by atoms with Gasteiger partial charge in [-0.15, -0.1) is 0 Å². The Bertz CT molecular complexity index is 987. The number of aromatic nitrogens is 2.